The molecule has 1 aliphatic heterocycles. The van der Waals surface area contributed by atoms with Crippen molar-refractivity contribution >= 4 is 35.0 Å². The lowest BCUT2D eigenvalue weighted by Gasteiger charge is -2.25. The van der Waals surface area contributed by atoms with Gasteiger partial charge in [-0.05, 0) is 61.0 Å². The van der Waals surface area contributed by atoms with Crippen LogP contribution in [0.2, 0.25) is 0 Å². The standard InChI is InChI=1S/C33H25N3O6S/c1-19-28(30(37)35-23-6-4-3-5-7-23)29(21-12-14-24(41-2)15-13-21)36-31(38)27(43-33(36)34-19)18-25-16-17-26(42-25)20-8-10-22(11-9-20)32(39)40/h3-18,29H,1-2H3,(H,35,37)(H,39,40)/b27-18-/t29-/m1/s1. The van der Waals surface area contributed by atoms with Gasteiger partial charge in [-0.25, -0.2) is 9.79 Å². The molecule has 0 aliphatic carbocycles. The van der Waals surface area contributed by atoms with Crippen LogP contribution in [0.1, 0.15) is 34.6 Å². The van der Waals surface area contributed by atoms with Crippen LogP contribution in [-0.4, -0.2) is 28.7 Å². The number of furan rings is 1. The highest BCUT2D eigenvalue weighted by atomic mass is 32.1. The van der Waals surface area contributed by atoms with E-state index >= 15 is 0 Å². The minimum absolute atomic E-state index is 0.176. The largest absolute Gasteiger partial charge is 0.497 e. The minimum Gasteiger partial charge on any atom is -0.497 e. The van der Waals surface area contributed by atoms with Gasteiger partial charge in [-0.15, -0.1) is 0 Å². The number of anilines is 1. The second-order valence-corrected chi connectivity index (χ2v) is 10.8. The van der Waals surface area contributed by atoms with E-state index in [1.54, 1.807) is 73.2 Å². The first kappa shape index (κ1) is 27.7. The van der Waals surface area contributed by atoms with E-state index in [9.17, 15) is 14.4 Å². The van der Waals surface area contributed by atoms with Gasteiger partial charge in [0.1, 0.15) is 17.3 Å². The molecular formula is C33H25N3O6S. The lowest BCUT2D eigenvalue weighted by Crippen LogP contribution is -2.40. The van der Waals surface area contributed by atoms with Crippen molar-refractivity contribution in [2.45, 2.75) is 13.0 Å². The van der Waals surface area contributed by atoms with E-state index in [-0.39, 0.29) is 17.0 Å². The first-order valence-electron chi connectivity index (χ1n) is 13.3. The van der Waals surface area contributed by atoms with E-state index in [0.29, 0.717) is 49.1 Å². The van der Waals surface area contributed by atoms with Crippen molar-refractivity contribution in [2.24, 2.45) is 4.99 Å². The van der Waals surface area contributed by atoms with Crippen LogP contribution < -0.4 is 24.9 Å². The molecule has 5 aromatic rings. The van der Waals surface area contributed by atoms with Gasteiger partial charge in [-0.1, -0.05) is 53.8 Å². The van der Waals surface area contributed by atoms with Crippen molar-refractivity contribution in [3.05, 3.63) is 139 Å². The molecule has 0 spiro atoms. The summed E-state index contributed by atoms with van der Waals surface area (Å²) in [6.07, 6.45) is 1.65. The van der Waals surface area contributed by atoms with E-state index in [4.69, 9.17) is 14.3 Å². The molecule has 2 aromatic heterocycles. The molecular weight excluding hydrogens is 566 g/mol. The van der Waals surface area contributed by atoms with Crippen molar-refractivity contribution in [3.8, 4) is 17.1 Å². The second kappa shape index (κ2) is 11.4. The normalized spacial score (nSPS) is 14.7. The second-order valence-electron chi connectivity index (χ2n) is 9.76. The lowest BCUT2D eigenvalue weighted by molar-refractivity contribution is -0.113. The first-order valence-corrected chi connectivity index (χ1v) is 14.1. The molecule has 10 heteroatoms. The van der Waals surface area contributed by atoms with Gasteiger partial charge in [0.2, 0.25) is 0 Å². The highest BCUT2D eigenvalue weighted by Crippen LogP contribution is 2.32. The van der Waals surface area contributed by atoms with Crippen molar-refractivity contribution in [1.82, 2.24) is 4.57 Å². The van der Waals surface area contributed by atoms with Crippen molar-refractivity contribution in [3.63, 3.8) is 0 Å². The van der Waals surface area contributed by atoms with E-state index in [2.05, 4.69) is 10.3 Å². The minimum atomic E-state index is -1.01. The number of carbonyl (C=O) groups is 2. The summed E-state index contributed by atoms with van der Waals surface area (Å²) in [7, 11) is 1.58. The van der Waals surface area contributed by atoms with Gasteiger partial charge in [0.15, 0.2) is 4.80 Å². The fourth-order valence-corrected chi connectivity index (χ4v) is 5.95. The van der Waals surface area contributed by atoms with E-state index in [1.807, 2.05) is 30.3 Å². The molecule has 0 bridgehead atoms. The van der Waals surface area contributed by atoms with Crippen LogP contribution >= 0.6 is 11.3 Å². The predicted molar refractivity (Wildman–Crippen MR) is 163 cm³/mol. The predicted octanol–water partition coefficient (Wildman–Crippen LogP) is 4.84. The number of aromatic nitrogens is 1. The molecule has 9 nitrogen and oxygen atoms in total. The number of nitrogens with one attached hydrogen (secondary N) is 1. The summed E-state index contributed by atoms with van der Waals surface area (Å²) in [6, 6.07) is 25.5. The summed E-state index contributed by atoms with van der Waals surface area (Å²) < 4.78 is 13.2. The van der Waals surface area contributed by atoms with Gasteiger partial charge in [0.05, 0.1) is 34.5 Å². The molecule has 1 atom stereocenters. The number of carbonyl (C=O) groups excluding carboxylic acids is 1. The molecule has 2 N–H and O–H groups in total. The zero-order chi connectivity index (χ0) is 30.1. The van der Waals surface area contributed by atoms with Crippen LogP contribution in [0.25, 0.3) is 17.4 Å². The van der Waals surface area contributed by atoms with Gasteiger partial charge in [0.25, 0.3) is 11.5 Å². The van der Waals surface area contributed by atoms with Crippen LogP contribution in [0, 0.1) is 0 Å². The van der Waals surface area contributed by atoms with Gasteiger partial charge >= 0.3 is 5.97 Å². The number of hydrogen-bond acceptors (Lipinski definition) is 7. The number of ether oxygens (including phenoxy) is 1. The zero-order valence-electron chi connectivity index (χ0n) is 23.1. The third-order valence-electron chi connectivity index (χ3n) is 7.05. The van der Waals surface area contributed by atoms with E-state index in [0.717, 1.165) is 5.56 Å². The van der Waals surface area contributed by atoms with Crippen LogP contribution in [-0.2, 0) is 4.79 Å². The number of aromatic carboxylic acids is 1. The number of hydrogen-bond donors (Lipinski definition) is 2. The topological polar surface area (TPSA) is 123 Å². The Morgan fingerprint density at radius 2 is 1.72 bits per heavy atom. The number of rotatable bonds is 7. The molecule has 1 aliphatic rings. The third-order valence-corrected chi connectivity index (χ3v) is 8.03. The van der Waals surface area contributed by atoms with Crippen molar-refractivity contribution in [1.29, 1.82) is 0 Å². The summed E-state index contributed by atoms with van der Waals surface area (Å²) in [5.41, 5.74) is 2.79. The summed E-state index contributed by atoms with van der Waals surface area (Å²) in [4.78, 5) is 43.9. The summed E-state index contributed by atoms with van der Waals surface area (Å²) in [5, 5.41) is 12.1. The van der Waals surface area contributed by atoms with Crippen LogP contribution in [0.3, 0.4) is 0 Å². The monoisotopic (exact) mass is 591 g/mol. The van der Waals surface area contributed by atoms with Crippen LogP contribution in [0.4, 0.5) is 5.69 Å². The molecule has 0 unspecified atom stereocenters. The van der Waals surface area contributed by atoms with Gasteiger partial charge < -0.3 is 19.6 Å². The van der Waals surface area contributed by atoms with Crippen LogP contribution in [0.15, 0.2) is 116 Å². The molecule has 1 amide bonds. The number of benzene rings is 3. The zero-order valence-corrected chi connectivity index (χ0v) is 23.9. The SMILES string of the molecule is COc1ccc([C@@H]2C(C(=O)Nc3ccccc3)=C(C)N=c3s/c(=C\c4ccc(-c5ccc(C(=O)O)cc5)o4)c(=O)n32)cc1. The molecule has 43 heavy (non-hydrogen) atoms. The molecule has 214 valence electrons. The van der Waals surface area contributed by atoms with Gasteiger partial charge in [-0.2, -0.15) is 0 Å². The molecule has 6 rings (SSSR count). The molecule has 0 saturated carbocycles. The molecule has 0 radical (unpaired) electrons. The molecule has 3 heterocycles. The Balaban J connectivity index is 1.42. The number of carboxylic acids is 1. The Morgan fingerprint density at radius 1 is 1.00 bits per heavy atom. The Labute approximate surface area is 249 Å². The number of para-hydroxylation sites is 1. The van der Waals surface area contributed by atoms with Gasteiger partial charge in [0, 0.05) is 17.3 Å². The summed E-state index contributed by atoms with van der Waals surface area (Å²) in [6.45, 7) is 1.77. The maximum absolute atomic E-state index is 13.9. The number of methoxy groups -OCH3 is 1. The van der Waals surface area contributed by atoms with Gasteiger partial charge in [-0.3, -0.25) is 14.2 Å². The first-order chi connectivity index (χ1) is 20.8. The van der Waals surface area contributed by atoms with Crippen molar-refractivity contribution in [2.75, 3.05) is 12.4 Å². The van der Waals surface area contributed by atoms with Crippen molar-refractivity contribution < 1.29 is 23.8 Å². The number of nitrogens with zero attached hydrogens (tertiary/aromatic N) is 2. The fourth-order valence-electron chi connectivity index (χ4n) is 4.93. The van der Waals surface area contributed by atoms with E-state index < -0.39 is 12.0 Å². The fraction of sp³-hybridized carbons (Fsp3) is 0.0909. The Bertz CT molecular complexity index is 2050. The number of fused-ring (bicyclic) bond motifs is 1. The van der Waals surface area contributed by atoms with E-state index in [1.165, 1.54) is 23.5 Å². The number of carboxylic acid groups (broad SMARTS) is 1. The number of allylic oxidation sites excluding steroid dienone is 1. The summed E-state index contributed by atoms with van der Waals surface area (Å²) >= 11 is 1.21. The molecule has 0 fully saturated rings. The highest BCUT2D eigenvalue weighted by Gasteiger charge is 2.32. The Kier molecular flexibility index (Phi) is 7.35. The quantitative estimate of drug-likeness (QED) is 0.279. The highest BCUT2D eigenvalue weighted by molar-refractivity contribution is 7.07. The number of amides is 1. The third kappa shape index (κ3) is 5.43. The maximum Gasteiger partial charge on any atom is 0.335 e. The smallest absolute Gasteiger partial charge is 0.335 e. The molecule has 0 saturated heterocycles. The molecule has 3 aromatic carbocycles. The van der Waals surface area contributed by atoms with Crippen LogP contribution in [0.5, 0.6) is 5.75 Å². The maximum atomic E-state index is 13.9. The number of thiazole rings is 1. The Morgan fingerprint density at radius 3 is 2.40 bits per heavy atom. The average Bonchev–Trinajstić information content (AvgIpc) is 3.61. The Hall–Kier alpha value is -5.48. The average molecular weight is 592 g/mol. The summed E-state index contributed by atoms with van der Waals surface area (Å²) in [5.74, 6) is 0.264. The lowest BCUT2D eigenvalue weighted by atomic mass is 9.95.